The van der Waals surface area contributed by atoms with Crippen molar-refractivity contribution in [3.63, 3.8) is 0 Å². The number of pyridine rings is 1. The predicted molar refractivity (Wildman–Crippen MR) is 91.2 cm³/mol. The van der Waals surface area contributed by atoms with E-state index in [9.17, 15) is 0 Å². The van der Waals surface area contributed by atoms with E-state index in [1.807, 2.05) is 0 Å². The SMILES string of the molecule is COc1cc(-c2cnc3c(N)cc(N)nc3n2)cc(OC)c1OC. The van der Waals surface area contributed by atoms with Gasteiger partial charge in [-0.3, -0.25) is 0 Å². The van der Waals surface area contributed by atoms with Crippen LogP contribution in [0.2, 0.25) is 0 Å². The molecule has 4 N–H and O–H groups in total. The first kappa shape index (κ1) is 15.6. The minimum absolute atomic E-state index is 0.288. The highest BCUT2D eigenvalue weighted by atomic mass is 16.5. The van der Waals surface area contributed by atoms with E-state index in [-0.39, 0.29) is 5.82 Å². The van der Waals surface area contributed by atoms with Crippen molar-refractivity contribution in [3.8, 4) is 28.5 Å². The number of methoxy groups -OCH3 is 3. The smallest absolute Gasteiger partial charge is 0.203 e. The van der Waals surface area contributed by atoms with Crippen LogP contribution in [0.25, 0.3) is 22.4 Å². The first-order valence-electron chi connectivity index (χ1n) is 7.06. The van der Waals surface area contributed by atoms with E-state index >= 15 is 0 Å². The van der Waals surface area contributed by atoms with Crippen molar-refractivity contribution in [2.75, 3.05) is 32.8 Å². The van der Waals surface area contributed by atoms with Crippen molar-refractivity contribution in [2.24, 2.45) is 0 Å². The largest absolute Gasteiger partial charge is 0.493 e. The molecular weight excluding hydrogens is 310 g/mol. The van der Waals surface area contributed by atoms with E-state index in [0.29, 0.717) is 39.8 Å². The minimum atomic E-state index is 0.288. The first-order valence-corrected chi connectivity index (χ1v) is 7.06. The number of hydrogen-bond acceptors (Lipinski definition) is 8. The van der Waals surface area contributed by atoms with E-state index in [2.05, 4.69) is 15.0 Å². The molecule has 0 atom stereocenters. The molecule has 0 spiro atoms. The van der Waals surface area contributed by atoms with E-state index in [0.717, 1.165) is 5.56 Å². The molecule has 0 aliphatic rings. The molecule has 0 radical (unpaired) electrons. The predicted octanol–water partition coefficient (Wildman–Crippen LogP) is 1.88. The van der Waals surface area contributed by atoms with Crippen LogP contribution in [0, 0.1) is 0 Å². The topological polar surface area (TPSA) is 118 Å². The maximum absolute atomic E-state index is 5.90. The number of nitrogens with two attached hydrogens (primary N) is 2. The molecule has 3 aromatic rings. The lowest BCUT2D eigenvalue weighted by molar-refractivity contribution is 0.324. The van der Waals surface area contributed by atoms with Crippen molar-refractivity contribution in [1.29, 1.82) is 0 Å². The third kappa shape index (κ3) is 2.58. The van der Waals surface area contributed by atoms with Gasteiger partial charge in [0.15, 0.2) is 17.1 Å². The maximum atomic E-state index is 5.90. The zero-order valence-electron chi connectivity index (χ0n) is 13.5. The number of hydrogen-bond donors (Lipinski definition) is 2. The second-order valence-electron chi connectivity index (χ2n) is 4.98. The number of anilines is 2. The quantitative estimate of drug-likeness (QED) is 0.745. The molecule has 124 valence electrons. The molecule has 0 aliphatic heterocycles. The normalized spacial score (nSPS) is 10.6. The summed E-state index contributed by atoms with van der Waals surface area (Å²) in [5.41, 5.74) is 14.2. The first-order chi connectivity index (χ1) is 11.6. The molecule has 0 saturated carbocycles. The van der Waals surface area contributed by atoms with Gasteiger partial charge in [0.05, 0.1) is 38.9 Å². The summed E-state index contributed by atoms with van der Waals surface area (Å²) in [7, 11) is 4.65. The van der Waals surface area contributed by atoms with E-state index in [1.54, 1.807) is 45.7 Å². The number of aromatic nitrogens is 3. The van der Waals surface area contributed by atoms with Crippen molar-refractivity contribution in [1.82, 2.24) is 15.0 Å². The van der Waals surface area contributed by atoms with Gasteiger partial charge in [-0.25, -0.2) is 15.0 Å². The summed E-state index contributed by atoms with van der Waals surface area (Å²) in [6, 6.07) is 5.12. The van der Waals surface area contributed by atoms with Crippen molar-refractivity contribution in [2.45, 2.75) is 0 Å². The van der Waals surface area contributed by atoms with Crippen molar-refractivity contribution in [3.05, 3.63) is 24.4 Å². The fraction of sp³-hybridized carbons (Fsp3) is 0.188. The Labute approximate surface area is 138 Å². The molecule has 8 nitrogen and oxygen atoms in total. The van der Waals surface area contributed by atoms with E-state index in [1.165, 1.54) is 0 Å². The number of rotatable bonds is 4. The minimum Gasteiger partial charge on any atom is -0.493 e. The molecule has 0 aliphatic carbocycles. The Balaban J connectivity index is 2.20. The fourth-order valence-corrected chi connectivity index (χ4v) is 2.41. The average Bonchev–Trinajstić information content (AvgIpc) is 2.59. The number of nitrogen functional groups attached to an aromatic ring is 2. The van der Waals surface area contributed by atoms with E-state index in [4.69, 9.17) is 25.7 Å². The van der Waals surface area contributed by atoms with Crippen LogP contribution >= 0.6 is 0 Å². The monoisotopic (exact) mass is 327 g/mol. The zero-order chi connectivity index (χ0) is 17.3. The van der Waals surface area contributed by atoms with Gasteiger partial charge in [-0.15, -0.1) is 0 Å². The highest BCUT2D eigenvalue weighted by Crippen LogP contribution is 2.40. The molecule has 0 bridgehead atoms. The maximum Gasteiger partial charge on any atom is 0.203 e. The third-order valence-electron chi connectivity index (χ3n) is 3.53. The lowest BCUT2D eigenvalue weighted by Gasteiger charge is -2.14. The molecule has 1 aromatic carbocycles. The summed E-state index contributed by atoms with van der Waals surface area (Å²) in [5, 5.41) is 0. The molecule has 0 fully saturated rings. The number of benzene rings is 1. The van der Waals surface area contributed by atoms with Crippen LogP contribution < -0.4 is 25.7 Å². The summed E-state index contributed by atoms with van der Waals surface area (Å²) < 4.78 is 16.0. The van der Waals surface area contributed by atoms with Gasteiger partial charge in [-0.05, 0) is 12.1 Å². The Morgan fingerprint density at radius 3 is 2.12 bits per heavy atom. The number of nitrogens with zero attached hydrogens (tertiary/aromatic N) is 3. The number of ether oxygens (including phenoxy) is 3. The lowest BCUT2D eigenvalue weighted by atomic mass is 10.1. The summed E-state index contributed by atoms with van der Waals surface area (Å²) in [5.74, 6) is 1.84. The van der Waals surface area contributed by atoms with Gasteiger partial charge in [0.1, 0.15) is 11.3 Å². The molecule has 0 amide bonds. The summed E-state index contributed by atoms with van der Waals surface area (Å²) >= 11 is 0. The lowest BCUT2D eigenvalue weighted by Crippen LogP contribution is -2.00. The van der Waals surface area contributed by atoms with Crippen LogP contribution in [0.1, 0.15) is 0 Å². The Morgan fingerprint density at radius 1 is 0.875 bits per heavy atom. The van der Waals surface area contributed by atoms with Crippen LogP contribution in [0.4, 0.5) is 11.5 Å². The summed E-state index contributed by atoms with van der Waals surface area (Å²) in [4.78, 5) is 13.0. The highest BCUT2D eigenvalue weighted by Gasteiger charge is 2.16. The van der Waals surface area contributed by atoms with Crippen LogP contribution in [0.5, 0.6) is 17.2 Å². The van der Waals surface area contributed by atoms with Crippen LogP contribution in [0.15, 0.2) is 24.4 Å². The molecular formula is C16H17N5O3. The molecule has 3 rings (SSSR count). The molecule has 8 heteroatoms. The van der Waals surface area contributed by atoms with Crippen LogP contribution in [0.3, 0.4) is 0 Å². The number of fused-ring (bicyclic) bond motifs is 1. The zero-order valence-corrected chi connectivity index (χ0v) is 13.5. The molecule has 24 heavy (non-hydrogen) atoms. The highest BCUT2D eigenvalue weighted by molar-refractivity contribution is 5.86. The van der Waals surface area contributed by atoms with Gasteiger partial charge < -0.3 is 25.7 Å². The van der Waals surface area contributed by atoms with E-state index < -0.39 is 0 Å². The van der Waals surface area contributed by atoms with Crippen LogP contribution in [-0.4, -0.2) is 36.3 Å². The Hall–Kier alpha value is -3.29. The molecule has 2 heterocycles. The average molecular weight is 327 g/mol. The molecule has 2 aromatic heterocycles. The van der Waals surface area contributed by atoms with Crippen molar-refractivity contribution < 1.29 is 14.2 Å². The summed E-state index contributed by atoms with van der Waals surface area (Å²) in [6.07, 6.45) is 1.61. The van der Waals surface area contributed by atoms with Gasteiger partial charge in [0.2, 0.25) is 5.75 Å². The van der Waals surface area contributed by atoms with Gasteiger partial charge in [0, 0.05) is 11.6 Å². The van der Waals surface area contributed by atoms with Gasteiger partial charge in [-0.1, -0.05) is 0 Å². The van der Waals surface area contributed by atoms with Gasteiger partial charge in [0.25, 0.3) is 0 Å². The molecule has 0 saturated heterocycles. The fourth-order valence-electron chi connectivity index (χ4n) is 2.41. The standard InChI is InChI=1S/C16H17N5O3/c1-22-11-4-8(5-12(23-2)15(11)24-3)10-7-19-14-9(17)6-13(18)21-16(14)20-10/h4-7H,1-3H3,(H4,17,18,20,21). The second kappa shape index (κ2) is 6.07. The molecule has 0 unspecified atom stereocenters. The Bertz CT molecular complexity index is 889. The Kier molecular flexibility index (Phi) is 3.95. The van der Waals surface area contributed by atoms with Gasteiger partial charge in [-0.2, -0.15) is 0 Å². The van der Waals surface area contributed by atoms with Crippen LogP contribution in [-0.2, 0) is 0 Å². The second-order valence-corrected chi connectivity index (χ2v) is 4.98. The Morgan fingerprint density at radius 2 is 1.54 bits per heavy atom. The van der Waals surface area contributed by atoms with Crippen molar-refractivity contribution >= 4 is 22.7 Å². The summed E-state index contributed by atoms with van der Waals surface area (Å²) in [6.45, 7) is 0. The van der Waals surface area contributed by atoms with Gasteiger partial charge >= 0.3 is 0 Å². The third-order valence-corrected chi connectivity index (χ3v) is 3.53.